The van der Waals surface area contributed by atoms with Gasteiger partial charge in [-0.15, -0.1) is 0 Å². The number of hydrogen-bond donors (Lipinski definition) is 2. The summed E-state index contributed by atoms with van der Waals surface area (Å²) in [5.74, 6) is 2.63. The summed E-state index contributed by atoms with van der Waals surface area (Å²) in [6.07, 6.45) is 10.0. The Morgan fingerprint density at radius 1 is 1.23 bits per heavy atom. The Morgan fingerprint density at radius 3 is 2.77 bits per heavy atom. The third kappa shape index (κ3) is 5.31. The van der Waals surface area contributed by atoms with Crippen LogP contribution in [0.15, 0.2) is 41.9 Å². The monoisotopic (exact) mass is 354 g/mol. The van der Waals surface area contributed by atoms with Gasteiger partial charge in [0.1, 0.15) is 12.7 Å². The molecule has 0 bridgehead atoms. The third-order valence-corrected chi connectivity index (χ3v) is 5.19. The van der Waals surface area contributed by atoms with Gasteiger partial charge < -0.3 is 10.6 Å². The van der Waals surface area contributed by atoms with Gasteiger partial charge in [0.05, 0.1) is 5.69 Å². The lowest BCUT2D eigenvalue weighted by molar-refractivity contribution is 0.270. The Bertz CT molecular complexity index is 677. The molecular weight excluding hydrogens is 324 g/mol. The average molecular weight is 355 g/mol. The Hall–Kier alpha value is -2.37. The minimum Gasteiger partial charge on any atom is -0.356 e. The molecule has 1 aliphatic carbocycles. The van der Waals surface area contributed by atoms with Crippen molar-refractivity contribution in [1.82, 2.24) is 25.4 Å². The highest BCUT2D eigenvalue weighted by atomic mass is 15.3. The van der Waals surface area contributed by atoms with E-state index in [9.17, 15) is 0 Å². The van der Waals surface area contributed by atoms with E-state index in [2.05, 4.69) is 44.8 Å². The predicted octanol–water partition coefficient (Wildman–Crippen LogP) is 3.15. The van der Waals surface area contributed by atoms with Crippen LogP contribution in [0.1, 0.15) is 44.6 Å². The van der Waals surface area contributed by atoms with Gasteiger partial charge in [0.15, 0.2) is 5.96 Å². The van der Waals surface area contributed by atoms with E-state index in [-0.39, 0.29) is 0 Å². The zero-order chi connectivity index (χ0) is 18.2. The topological polar surface area (TPSA) is 67.1 Å². The molecule has 6 heteroatoms. The average Bonchev–Trinajstić information content (AvgIpc) is 3.20. The van der Waals surface area contributed by atoms with Crippen LogP contribution < -0.4 is 10.6 Å². The lowest BCUT2D eigenvalue weighted by Crippen LogP contribution is -2.38. The minimum atomic E-state index is 0.748. The summed E-state index contributed by atoms with van der Waals surface area (Å²) >= 11 is 0. The van der Waals surface area contributed by atoms with Crippen LogP contribution in [-0.4, -0.2) is 34.3 Å². The highest BCUT2D eigenvalue weighted by Crippen LogP contribution is 2.30. The van der Waals surface area contributed by atoms with E-state index in [1.807, 2.05) is 19.2 Å². The minimum absolute atomic E-state index is 0.748. The largest absolute Gasteiger partial charge is 0.356 e. The number of hydrogen-bond acceptors (Lipinski definition) is 3. The fourth-order valence-corrected chi connectivity index (χ4v) is 3.73. The molecule has 0 radical (unpaired) electrons. The van der Waals surface area contributed by atoms with Crippen molar-refractivity contribution < 1.29 is 0 Å². The second kappa shape index (κ2) is 9.36. The van der Waals surface area contributed by atoms with E-state index in [1.54, 1.807) is 17.3 Å². The maximum absolute atomic E-state index is 4.33. The van der Waals surface area contributed by atoms with Crippen LogP contribution >= 0.6 is 0 Å². The maximum atomic E-state index is 4.33. The molecule has 0 saturated heterocycles. The quantitative estimate of drug-likeness (QED) is 0.618. The second-order valence-corrected chi connectivity index (χ2v) is 7.29. The van der Waals surface area contributed by atoms with Crippen molar-refractivity contribution in [2.75, 3.05) is 13.6 Å². The Morgan fingerprint density at radius 2 is 2.08 bits per heavy atom. The molecule has 2 unspecified atom stereocenters. The summed E-state index contributed by atoms with van der Waals surface area (Å²) in [4.78, 5) is 8.30. The molecular formula is C20H30N6. The van der Waals surface area contributed by atoms with Crippen molar-refractivity contribution in [3.63, 3.8) is 0 Å². The van der Waals surface area contributed by atoms with E-state index in [0.717, 1.165) is 36.6 Å². The number of nitrogens with one attached hydrogen (secondary N) is 2. The van der Waals surface area contributed by atoms with Gasteiger partial charge in [0, 0.05) is 20.1 Å². The summed E-state index contributed by atoms with van der Waals surface area (Å²) in [6.45, 7) is 4.12. The molecule has 2 atom stereocenters. The summed E-state index contributed by atoms with van der Waals surface area (Å²) in [7, 11) is 1.83. The summed E-state index contributed by atoms with van der Waals surface area (Å²) < 4.78 is 1.75. The zero-order valence-electron chi connectivity index (χ0n) is 15.9. The molecule has 1 saturated carbocycles. The predicted molar refractivity (Wildman–Crippen MR) is 105 cm³/mol. The first-order chi connectivity index (χ1) is 12.7. The fourth-order valence-electron chi connectivity index (χ4n) is 3.73. The van der Waals surface area contributed by atoms with Crippen LogP contribution in [0.4, 0.5) is 0 Å². The van der Waals surface area contributed by atoms with E-state index in [0.29, 0.717) is 0 Å². The summed E-state index contributed by atoms with van der Waals surface area (Å²) in [5, 5.41) is 11.0. The number of benzene rings is 1. The third-order valence-electron chi connectivity index (χ3n) is 5.19. The van der Waals surface area contributed by atoms with Crippen molar-refractivity contribution in [3.05, 3.63) is 42.5 Å². The van der Waals surface area contributed by atoms with Crippen LogP contribution in [0.3, 0.4) is 0 Å². The van der Waals surface area contributed by atoms with Gasteiger partial charge in [-0.3, -0.25) is 4.99 Å². The lowest BCUT2D eigenvalue weighted by atomic mass is 9.81. The maximum Gasteiger partial charge on any atom is 0.191 e. The SMILES string of the molecule is CN=C(NCCC1CCCC(C)C1)NCc1ccc(-n2cncn2)cc1. The number of guanidine groups is 1. The standard InChI is InChI=1S/C20H30N6/c1-16-4-3-5-17(12-16)10-11-23-20(21-2)24-13-18-6-8-19(9-7-18)26-15-22-14-25-26/h6-9,14-17H,3-5,10-13H2,1-2H3,(H2,21,23,24). The van der Waals surface area contributed by atoms with Crippen LogP contribution in [0.5, 0.6) is 0 Å². The molecule has 0 aliphatic heterocycles. The van der Waals surface area contributed by atoms with E-state index >= 15 is 0 Å². The molecule has 0 amide bonds. The molecule has 0 spiro atoms. The highest BCUT2D eigenvalue weighted by Gasteiger charge is 2.18. The van der Waals surface area contributed by atoms with Crippen LogP contribution in [0.25, 0.3) is 5.69 Å². The number of aromatic nitrogens is 3. The Labute approximate surface area is 156 Å². The Kier molecular flexibility index (Phi) is 6.63. The van der Waals surface area contributed by atoms with Crippen LogP contribution in [0.2, 0.25) is 0 Å². The number of aliphatic imine (C=N–C) groups is 1. The van der Waals surface area contributed by atoms with E-state index in [4.69, 9.17) is 0 Å². The van der Waals surface area contributed by atoms with Gasteiger partial charge in [0.2, 0.25) is 0 Å². The van der Waals surface area contributed by atoms with Gasteiger partial charge in [0.25, 0.3) is 0 Å². The first-order valence-electron chi connectivity index (χ1n) is 9.63. The van der Waals surface area contributed by atoms with Gasteiger partial charge in [-0.05, 0) is 42.4 Å². The van der Waals surface area contributed by atoms with Gasteiger partial charge in [-0.25, -0.2) is 9.67 Å². The summed E-state index contributed by atoms with van der Waals surface area (Å²) in [6, 6.07) is 8.29. The molecule has 1 fully saturated rings. The highest BCUT2D eigenvalue weighted by molar-refractivity contribution is 5.79. The van der Waals surface area contributed by atoms with Crippen molar-refractivity contribution in [1.29, 1.82) is 0 Å². The lowest BCUT2D eigenvalue weighted by Gasteiger charge is -2.26. The number of nitrogens with zero attached hydrogens (tertiary/aromatic N) is 4. The van der Waals surface area contributed by atoms with Crippen molar-refractivity contribution >= 4 is 5.96 Å². The first-order valence-corrected chi connectivity index (χ1v) is 9.63. The van der Waals surface area contributed by atoms with Gasteiger partial charge in [-0.2, -0.15) is 5.10 Å². The van der Waals surface area contributed by atoms with Crippen LogP contribution in [-0.2, 0) is 6.54 Å². The molecule has 1 heterocycles. The molecule has 6 nitrogen and oxygen atoms in total. The molecule has 26 heavy (non-hydrogen) atoms. The molecule has 1 aliphatic rings. The summed E-state index contributed by atoms with van der Waals surface area (Å²) in [5.41, 5.74) is 2.22. The molecule has 2 aromatic rings. The normalized spacial score (nSPS) is 20.8. The first kappa shape index (κ1) is 18.4. The smallest absolute Gasteiger partial charge is 0.191 e. The second-order valence-electron chi connectivity index (χ2n) is 7.29. The van der Waals surface area contributed by atoms with Gasteiger partial charge >= 0.3 is 0 Å². The molecule has 1 aromatic heterocycles. The van der Waals surface area contributed by atoms with Crippen molar-refractivity contribution in [2.24, 2.45) is 16.8 Å². The van der Waals surface area contributed by atoms with Gasteiger partial charge in [-0.1, -0.05) is 38.3 Å². The van der Waals surface area contributed by atoms with Crippen LogP contribution in [0, 0.1) is 11.8 Å². The molecule has 140 valence electrons. The Balaban J connectivity index is 1.41. The number of rotatable bonds is 6. The van der Waals surface area contributed by atoms with Crippen molar-refractivity contribution in [3.8, 4) is 5.69 Å². The molecule has 1 aromatic carbocycles. The van der Waals surface area contributed by atoms with E-state index in [1.165, 1.54) is 37.7 Å². The molecule has 3 rings (SSSR count). The zero-order valence-corrected chi connectivity index (χ0v) is 15.9. The fraction of sp³-hybridized carbons (Fsp3) is 0.550. The van der Waals surface area contributed by atoms with Crippen molar-refractivity contribution in [2.45, 2.75) is 45.6 Å². The van der Waals surface area contributed by atoms with E-state index < -0.39 is 0 Å². The molecule has 2 N–H and O–H groups in total.